The molecule has 0 aromatic carbocycles. The zero-order chi connectivity index (χ0) is 8.27. The molecular weight excluding hydrogens is 162 g/mol. The van der Waals surface area contributed by atoms with E-state index < -0.39 is 0 Å². The highest BCUT2D eigenvalue weighted by Crippen LogP contribution is 1.71. The van der Waals surface area contributed by atoms with E-state index in [0.717, 1.165) is 19.9 Å². The molecule has 1 rings (SSSR count). The molecule has 4 nitrogen and oxygen atoms in total. The first-order valence-corrected chi connectivity index (χ1v) is 4.12. The molecular formula is C6H14N3OS+. The van der Waals surface area contributed by atoms with Gasteiger partial charge < -0.3 is 15.7 Å². The van der Waals surface area contributed by atoms with E-state index in [9.17, 15) is 0 Å². The van der Waals surface area contributed by atoms with Gasteiger partial charge in [0.05, 0.1) is 0 Å². The molecule has 1 aliphatic heterocycles. The highest BCUT2D eigenvalue weighted by atomic mass is 32.1. The summed E-state index contributed by atoms with van der Waals surface area (Å²) in [6, 6.07) is 0. The lowest BCUT2D eigenvalue weighted by Crippen LogP contribution is -3.18. The van der Waals surface area contributed by atoms with Crippen molar-refractivity contribution in [2.75, 3.05) is 19.9 Å². The van der Waals surface area contributed by atoms with Gasteiger partial charge >= 0.3 is 0 Å². The highest BCUT2D eigenvalue weighted by Gasteiger charge is 2.15. The predicted octanol–water partition coefficient (Wildman–Crippen LogP) is -2.36. The van der Waals surface area contributed by atoms with Crippen molar-refractivity contribution >= 4 is 17.3 Å². The number of hydrogen-bond acceptors (Lipinski definition) is 2. The van der Waals surface area contributed by atoms with Crippen molar-refractivity contribution in [1.29, 1.82) is 0 Å². The first kappa shape index (κ1) is 8.70. The molecule has 64 valence electrons. The van der Waals surface area contributed by atoms with Gasteiger partial charge in [-0.1, -0.05) is 0 Å². The molecule has 0 aromatic heterocycles. The lowest BCUT2D eigenvalue weighted by Gasteiger charge is -2.27. The van der Waals surface area contributed by atoms with E-state index in [1.165, 1.54) is 4.90 Å². The largest absolute Gasteiger partial charge is 0.388 e. The minimum absolute atomic E-state index is 0.250. The molecule has 1 aliphatic rings. The average Bonchev–Trinajstić information content (AvgIpc) is 1.93. The molecule has 1 heterocycles. The Morgan fingerprint density at radius 1 is 1.64 bits per heavy atom. The van der Waals surface area contributed by atoms with Crippen molar-refractivity contribution in [3.8, 4) is 0 Å². The molecule has 0 bridgehead atoms. The van der Waals surface area contributed by atoms with Crippen molar-refractivity contribution < 1.29 is 10.0 Å². The van der Waals surface area contributed by atoms with Gasteiger partial charge in [0.25, 0.3) is 0 Å². The molecule has 1 saturated heterocycles. The van der Waals surface area contributed by atoms with Crippen LogP contribution in [0.25, 0.3) is 0 Å². The van der Waals surface area contributed by atoms with Crippen LogP contribution in [0.1, 0.15) is 6.92 Å². The summed E-state index contributed by atoms with van der Waals surface area (Å²) in [6.45, 7) is 4.15. The number of aliphatic hydroxyl groups excluding tert-OH is 1. The number of quaternary nitrogens is 1. The van der Waals surface area contributed by atoms with Crippen LogP contribution in [-0.2, 0) is 0 Å². The summed E-state index contributed by atoms with van der Waals surface area (Å²) < 4.78 is 0. The number of rotatable bonds is 2. The van der Waals surface area contributed by atoms with Gasteiger partial charge in [0.1, 0.15) is 12.6 Å². The Hall–Kier alpha value is -0.390. The minimum Gasteiger partial charge on any atom is -0.388 e. The second-order valence-electron chi connectivity index (χ2n) is 2.84. The van der Waals surface area contributed by atoms with Crippen LogP contribution in [0.15, 0.2) is 0 Å². The molecule has 0 aliphatic carbocycles. The van der Waals surface area contributed by atoms with E-state index in [1.807, 2.05) is 0 Å². The monoisotopic (exact) mass is 176 g/mol. The molecule has 5 heteroatoms. The molecule has 0 unspecified atom stereocenters. The fourth-order valence-electron chi connectivity index (χ4n) is 1.10. The summed E-state index contributed by atoms with van der Waals surface area (Å²) in [7, 11) is 0. The average molecular weight is 176 g/mol. The fourth-order valence-corrected chi connectivity index (χ4v) is 1.24. The Labute approximate surface area is 71.6 Å². The molecule has 11 heavy (non-hydrogen) atoms. The van der Waals surface area contributed by atoms with E-state index >= 15 is 0 Å². The molecule has 1 fully saturated rings. The second kappa shape index (κ2) is 3.85. The summed E-state index contributed by atoms with van der Waals surface area (Å²) in [4.78, 5) is 1.27. The maximum atomic E-state index is 9.06. The first-order valence-electron chi connectivity index (χ1n) is 3.72. The van der Waals surface area contributed by atoms with Gasteiger partial charge in [0, 0.05) is 0 Å². The SMILES string of the molecule is C[C@H](O)C[NH+]1CNC(=S)NC1. The van der Waals surface area contributed by atoms with Gasteiger partial charge in [0.15, 0.2) is 18.4 Å². The fraction of sp³-hybridized carbons (Fsp3) is 0.833. The zero-order valence-corrected chi connectivity index (χ0v) is 7.37. The van der Waals surface area contributed by atoms with E-state index in [0.29, 0.717) is 5.11 Å². The normalized spacial score (nSPS) is 22.2. The van der Waals surface area contributed by atoms with Crippen LogP contribution in [0.2, 0.25) is 0 Å². The molecule has 1 atom stereocenters. The number of thiocarbonyl (C=S) groups is 1. The van der Waals surface area contributed by atoms with E-state index in [1.54, 1.807) is 6.92 Å². The van der Waals surface area contributed by atoms with Gasteiger partial charge in [-0.25, -0.2) is 0 Å². The van der Waals surface area contributed by atoms with Crippen LogP contribution in [-0.4, -0.2) is 36.2 Å². The summed E-state index contributed by atoms with van der Waals surface area (Å²) in [6.07, 6.45) is -0.250. The van der Waals surface area contributed by atoms with Crippen LogP contribution >= 0.6 is 12.2 Å². The zero-order valence-electron chi connectivity index (χ0n) is 6.55. The summed E-state index contributed by atoms with van der Waals surface area (Å²) in [5, 5.41) is 15.8. The van der Waals surface area contributed by atoms with Crippen LogP contribution in [0.4, 0.5) is 0 Å². The van der Waals surface area contributed by atoms with Gasteiger partial charge in [-0.15, -0.1) is 0 Å². The summed E-state index contributed by atoms with van der Waals surface area (Å²) >= 11 is 4.87. The third kappa shape index (κ3) is 3.00. The second-order valence-corrected chi connectivity index (χ2v) is 3.25. The molecule has 0 spiro atoms. The Balaban J connectivity index is 2.22. The maximum Gasteiger partial charge on any atom is 0.174 e. The van der Waals surface area contributed by atoms with Crippen LogP contribution in [0.3, 0.4) is 0 Å². The highest BCUT2D eigenvalue weighted by molar-refractivity contribution is 7.80. The van der Waals surface area contributed by atoms with E-state index in [4.69, 9.17) is 17.3 Å². The van der Waals surface area contributed by atoms with Crippen LogP contribution in [0, 0.1) is 0 Å². The topological polar surface area (TPSA) is 48.7 Å². The number of aliphatic hydroxyl groups is 1. The Morgan fingerprint density at radius 3 is 2.64 bits per heavy atom. The molecule has 0 radical (unpaired) electrons. The molecule has 0 saturated carbocycles. The van der Waals surface area contributed by atoms with Crippen LogP contribution in [0.5, 0.6) is 0 Å². The smallest absolute Gasteiger partial charge is 0.174 e. The molecule has 0 amide bonds. The first-order chi connectivity index (χ1) is 5.18. The van der Waals surface area contributed by atoms with E-state index in [-0.39, 0.29) is 6.10 Å². The third-order valence-electron chi connectivity index (χ3n) is 1.58. The van der Waals surface area contributed by atoms with Gasteiger partial charge in [-0.2, -0.15) is 0 Å². The van der Waals surface area contributed by atoms with Crippen LogP contribution < -0.4 is 15.5 Å². The van der Waals surface area contributed by atoms with Crippen molar-refractivity contribution in [2.45, 2.75) is 13.0 Å². The number of nitrogens with one attached hydrogen (secondary N) is 3. The maximum absolute atomic E-state index is 9.06. The van der Waals surface area contributed by atoms with Crippen molar-refractivity contribution in [3.63, 3.8) is 0 Å². The van der Waals surface area contributed by atoms with Gasteiger partial charge in [-0.05, 0) is 19.1 Å². The van der Waals surface area contributed by atoms with Gasteiger partial charge in [0.2, 0.25) is 0 Å². The molecule has 4 N–H and O–H groups in total. The predicted molar refractivity (Wildman–Crippen MR) is 46.1 cm³/mol. The standard InChI is InChI=1S/C6H13N3OS/c1-5(10)2-9-3-7-6(11)8-4-9/h5,10H,2-4H2,1H3,(H2,7,8,11)/p+1/t5-/m0/s1. The molecule has 0 aromatic rings. The lowest BCUT2D eigenvalue weighted by molar-refractivity contribution is -0.909. The Kier molecular flexibility index (Phi) is 3.04. The Morgan fingerprint density at radius 2 is 2.18 bits per heavy atom. The Bertz CT molecular complexity index is 141. The number of hydrogen-bond donors (Lipinski definition) is 4. The third-order valence-corrected chi connectivity index (χ3v) is 1.87. The lowest BCUT2D eigenvalue weighted by atomic mass is 10.4. The van der Waals surface area contributed by atoms with Crippen molar-refractivity contribution in [2.24, 2.45) is 0 Å². The van der Waals surface area contributed by atoms with Crippen molar-refractivity contribution in [1.82, 2.24) is 10.6 Å². The van der Waals surface area contributed by atoms with E-state index in [2.05, 4.69) is 10.6 Å². The minimum atomic E-state index is -0.250. The van der Waals surface area contributed by atoms with Crippen molar-refractivity contribution in [3.05, 3.63) is 0 Å². The summed E-state index contributed by atoms with van der Waals surface area (Å²) in [5.41, 5.74) is 0. The van der Waals surface area contributed by atoms with Gasteiger partial charge in [-0.3, -0.25) is 4.90 Å². The summed E-state index contributed by atoms with van der Waals surface area (Å²) in [5.74, 6) is 0. The quantitative estimate of drug-likeness (QED) is 0.356.